The highest BCUT2D eigenvalue weighted by Crippen LogP contribution is 2.28. The minimum Gasteiger partial charge on any atom is -0.381 e. The van der Waals surface area contributed by atoms with Gasteiger partial charge in [0, 0.05) is 26.4 Å². The molecule has 1 amide bonds. The molecule has 2 saturated heterocycles. The summed E-state index contributed by atoms with van der Waals surface area (Å²) in [4.78, 5) is 12.0. The first-order chi connectivity index (χ1) is 7.71. The number of nitrogens with one attached hydrogen (secondary N) is 1. The first kappa shape index (κ1) is 11.9. The molecule has 4 heteroatoms. The molecule has 92 valence electrons. The first-order valence-corrected chi connectivity index (χ1v) is 6.14. The lowest BCUT2D eigenvalue weighted by Crippen LogP contribution is -2.42. The van der Waals surface area contributed by atoms with E-state index in [2.05, 4.69) is 5.32 Å². The van der Waals surface area contributed by atoms with E-state index in [-0.39, 0.29) is 11.3 Å². The molecule has 0 radical (unpaired) electrons. The van der Waals surface area contributed by atoms with Crippen LogP contribution in [0.3, 0.4) is 0 Å². The van der Waals surface area contributed by atoms with Gasteiger partial charge in [0.1, 0.15) is 0 Å². The Kier molecular flexibility index (Phi) is 3.82. The molecule has 1 N–H and O–H groups in total. The Hall–Kier alpha value is -0.610. The second-order valence-corrected chi connectivity index (χ2v) is 5.13. The van der Waals surface area contributed by atoms with E-state index >= 15 is 0 Å². The maximum atomic E-state index is 12.0. The smallest absolute Gasteiger partial charge is 0.228 e. The monoisotopic (exact) mass is 227 g/mol. The number of rotatable bonds is 3. The fourth-order valence-corrected chi connectivity index (χ4v) is 2.25. The summed E-state index contributed by atoms with van der Waals surface area (Å²) in [6.07, 6.45) is 2.97. The highest BCUT2D eigenvalue weighted by Gasteiger charge is 2.37. The van der Waals surface area contributed by atoms with Gasteiger partial charge >= 0.3 is 0 Å². The lowest BCUT2D eigenvalue weighted by Gasteiger charge is -2.25. The average Bonchev–Trinajstić information content (AvgIpc) is 2.76. The van der Waals surface area contributed by atoms with Gasteiger partial charge in [-0.3, -0.25) is 4.79 Å². The molecule has 2 aliphatic heterocycles. The van der Waals surface area contributed by atoms with Gasteiger partial charge in [0.05, 0.1) is 12.0 Å². The van der Waals surface area contributed by atoms with Gasteiger partial charge in [-0.1, -0.05) is 0 Å². The Morgan fingerprint density at radius 1 is 1.31 bits per heavy atom. The molecule has 16 heavy (non-hydrogen) atoms. The van der Waals surface area contributed by atoms with Gasteiger partial charge in [-0.2, -0.15) is 0 Å². The molecule has 0 spiro atoms. The van der Waals surface area contributed by atoms with Crippen LogP contribution >= 0.6 is 0 Å². The highest BCUT2D eigenvalue weighted by molar-refractivity contribution is 5.82. The lowest BCUT2D eigenvalue weighted by molar-refractivity contribution is -0.130. The Bertz CT molecular complexity index is 243. The van der Waals surface area contributed by atoms with Crippen molar-refractivity contribution in [1.82, 2.24) is 5.32 Å². The van der Waals surface area contributed by atoms with Crippen molar-refractivity contribution in [3.8, 4) is 0 Å². The molecule has 2 rings (SSSR count). The molecule has 0 saturated carbocycles. The van der Waals surface area contributed by atoms with Crippen LogP contribution in [0, 0.1) is 11.3 Å². The summed E-state index contributed by atoms with van der Waals surface area (Å²) in [7, 11) is 0. The third kappa shape index (κ3) is 2.74. The van der Waals surface area contributed by atoms with E-state index in [4.69, 9.17) is 9.47 Å². The maximum absolute atomic E-state index is 12.0. The molecular formula is C12H21NO3. The number of hydrogen-bond donors (Lipinski definition) is 1. The van der Waals surface area contributed by atoms with Gasteiger partial charge < -0.3 is 14.8 Å². The fraction of sp³-hybridized carbons (Fsp3) is 0.917. The summed E-state index contributed by atoms with van der Waals surface area (Å²) in [5, 5.41) is 3.06. The zero-order valence-electron chi connectivity index (χ0n) is 9.96. The second kappa shape index (κ2) is 5.15. The van der Waals surface area contributed by atoms with Gasteiger partial charge in [-0.25, -0.2) is 0 Å². The first-order valence-electron chi connectivity index (χ1n) is 6.14. The van der Waals surface area contributed by atoms with Crippen molar-refractivity contribution in [3.05, 3.63) is 0 Å². The molecule has 1 atom stereocenters. The Labute approximate surface area is 96.7 Å². The van der Waals surface area contributed by atoms with Crippen LogP contribution in [-0.2, 0) is 14.3 Å². The number of hydrogen-bond acceptors (Lipinski definition) is 3. The summed E-state index contributed by atoms with van der Waals surface area (Å²) in [5.74, 6) is 0.736. The maximum Gasteiger partial charge on any atom is 0.228 e. The van der Waals surface area contributed by atoms with Crippen molar-refractivity contribution in [2.24, 2.45) is 11.3 Å². The van der Waals surface area contributed by atoms with Crippen LogP contribution in [0.1, 0.15) is 26.2 Å². The number of amides is 1. The van der Waals surface area contributed by atoms with E-state index in [0.29, 0.717) is 19.1 Å². The number of ether oxygens (including phenoxy) is 2. The van der Waals surface area contributed by atoms with E-state index in [9.17, 15) is 4.79 Å². The summed E-state index contributed by atoms with van der Waals surface area (Å²) in [5.41, 5.74) is -0.300. The van der Waals surface area contributed by atoms with Crippen LogP contribution in [0.25, 0.3) is 0 Å². The molecule has 2 aliphatic rings. The quantitative estimate of drug-likeness (QED) is 0.781. The van der Waals surface area contributed by atoms with E-state index in [1.54, 1.807) is 0 Å². The van der Waals surface area contributed by atoms with Crippen LogP contribution in [-0.4, -0.2) is 38.9 Å². The molecule has 1 unspecified atom stereocenters. The molecule has 0 aliphatic carbocycles. The van der Waals surface area contributed by atoms with Gasteiger partial charge in [-0.15, -0.1) is 0 Å². The predicted octanol–water partition coefficient (Wildman–Crippen LogP) is 0.956. The fourth-order valence-electron chi connectivity index (χ4n) is 2.25. The van der Waals surface area contributed by atoms with E-state index in [1.165, 1.54) is 0 Å². The number of carbonyl (C=O) groups excluding carboxylic acids is 1. The van der Waals surface area contributed by atoms with E-state index in [0.717, 1.165) is 39.0 Å². The van der Waals surface area contributed by atoms with Crippen molar-refractivity contribution in [1.29, 1.82) is 0 Å². The largest absolute Gasteiger partial charge is 0.381 e. The second-order valence-electron chi connectivity index (χ2n) is 5.13. The Morgan fingerprint density at radius 2 is 2.06 bits per heavy atom. The van der Waals surface area contributed by atoms with Gasteiger partial charge in [0.15, 0.2) is 0 Å². The van der Waals surface area contributed by atoms with Gasteiger partial charge in [-0.05, 0) is 32.1 Å². The van der Waals surface area contributed by atoms with Crippen molar-refractivity contribution in [3.63, 3.8) is 0 Å². The molecule has 0 aromatic heterocycles. The van der Waals surface area contributed by atoms with Crippen molar-refractivity contribution in [2.45, 2.75) is 26.2 Å². The van der Waals surface area contributed by atoms with Crippen LogP contribution in [0.4, 0.5) is 0 Å². The lowest BCUT2D eigenvalue weighted by atomic mass is 9.88. The van der Waals surface area contributed by atoms with Crippen molar-refractivity contribution < 1.29 is 14.3 Å². The minimum atomic E-state index is -0.300. The van der Waals surface area contributed by atoms with E-state index < -0.39 is 0 Å². The zero-order valence-corrected chi connectivity index (χ0v) is 9.96. The Balaban J connectivity index is 1.74. The van der Waals surface area contributed by atoms with Crippen molar-refractivity contribution >= 4 is 5.91 Å². The Morgan fingerprint density at radius 3 is 2.69 bits per heavy atom. The molecule has 2 heterocycles. The minimum absolute atomic E-state index is 0.150. The molecule has 0 bridgehead atoms. The molecule has 4 nitrogen and oxygen atoms in total. The molecule has 2 fully saturated rings. The summed E-state index contributed by atoms with van der Waals surface area (Å²) < 4.78 is 10.6. The number of carbonyl (C=O) groups is 1. The normalized spacial score (nSPS) is 31.6. The van der Waals surface area contributed by atoms with E-state index in [1.807, 2.05) is 6.92 Å². The standard InChI is InChI=1S/C12H21NO3/c1-12(4-7-16-9-12)11(14)13-8-10-2-5-15-6-3-10/h10H,2-9H2,1H3,(H,13,14). The topological polar surface area (TPSA) is 47.6 Å². The van der Waals surface area contributed by atoms with Crippen LogP contribution in [0.2, 0.25) is 0 Å². The molecular weight excluding hydrogens is 206 g/mol. The SMILES string of the molecule is CC1(C(=O)NCC2CCOCC2)CCOC1. The highest BCUT2D eigenvalue weighted by atomic mass is 16.5. The summed E-state index contributed by atoms with van der Waals surface area (Å²) in [6, 6.07) is 0. The van der Waals surface area contributed by atoms with Crippen molar-refractivity contribution in [2.75, 3.05) is 33.0 Å². The van der Waals surface area contributed by atoms with Gasteiger partial charge in [0.25, 0.3) is 0 Å². The predicted molar refractivity (Wildman–Crippen MR) is 60.1 cm³/mol. The summed E-state index contributed by atoms with van der Waals surface area (Å²) in [6.45, 7) is 5.72. The molecule has 0 aromatic carbocycles. The third-order valence-electron chi connectivity index (χ3n) is 3.66. The van der Waals surface area contributed by atoms with Crippen LogP contribution in [0.5, 0.6) is 0 Å². The van der Waals surface area contributed by atoms with Crippen LogP contribution < -0.4 is 5.32 Å². The average molecular weight is 227 g/mol. The third-order valence-corrected chi connectivity index (χ3v) is 3.66. The zero-order chi connectivity index (χ0) is 11.4. The van der Waals surface area contributed by atoms with Gasteiger partial charge in [0.2, 0.25) is 5.91 Å². The van der Waals surface area contributed by atoms with Crippen LogP contribution in [0.15, 0.2) is 0 Å². The summed E-state index contributed by atoms with van der Waals surface area (Å²) >= 11 is 0. The molecule has 0 aromatic rings.